The monoisotopic (exact) mass is 294 g/mol. The fraction of sp³-hybridized carbons (Fsp3) is 0. The Morgan fingerprint density at radius 2 is 1.81 bits per heavy atom. The summed E-state index contributed by atoms with van der Waals surface area (Å²) in [7, 11) is 0. The van der Waals surface area contributed by atoms with Gasteiger partial charge in [0.1, 0.15) is 23.0 Å². The maximum atomic E-state index is 13.5. The van der Waals surface area contributed by atoms with E-state index in [0.717, 1.165) is 36.4 Å². The van der Waals surface area contributed by atoms with Gasteiger partial charge in [-0.05, 0) is 24.3 Å². The highest BCUT2D eigenvalue weighted by Gasteiger charge is 2.19. The molecule has 2 N–H and O–H groups in total. The van der Waals surface area contributed by atoms with Gasteiger partial charge in [-0.3, -0.25) is 10.1 Å². The van der Waals surface area contributed by atoms with Crippen molar-refractivity contribution in [3.63, 3.8) is 0 Å². The molecule has 0 atom stereocenters. The normalized spacial score (nSPS) is 10.2. The number of halogens is 2. The van der Waals surface area contributed by atoms with Gasteiger partial charge in [-0.15, -0.1) is 0 Å². The molecule has 0 amide bonds. The summed E-state index contributed by atoms with van der Waals surface area (Å²) in [6.07, 6.45) is 0. The molecule has 0 aliphatic rings. The molecule has 0 fully saturated rings. The highest BCUT2D eigenvalue weighted by Crippen LogP contribution is 2.31. The number of carboxylic acid groups (broad SMARTS) is 1. The summed E-state index contributed by atoms with van der Waals surface area (Å²) < 4.78 is 27.1. The number of benzene rings is 2. The summed E-state index contributed by atoms with van der Waals surface area (Å²) in [6, 6.07) is 5.99. The molecule has 0 bridgehead atoms. The van der Waals surface area contributed by atoms with Gasteiger partial charge in [-0.25, -0.2) is 13.6 Å². The van der Waals surface area contributed by atoms with Crippen molar-refractivity contribution in [1.29, 1.82) is 0 Å². The number of hydrogen-bond acceptors (Lipinski definition) is 4. The standard InChI is InChI=1S/C13H8F2N2O4/c14-8-2-1-3-9(15)12(8)16-10-6-7(13(18)19)4-5-11(10)17(20)21/h1-6,16H,(H,18,19). The van der Waals surface area contributed by atoms with E-state index in [4.69, 9.17) is 5.11 Å². The summed E-state index contributed by atoms with van der Waals surface area (Å²) in [4.78, 5) is 21.0. The predicted molar refractivity (Wildman–Crippen MR) is 69.7 cm³/mol. The molecule has 6 nitrogen and oxygen atoms in total. The lowest BCUT2D eigenvalue weighted by molar-refractivity contribution is -0.383. The molecule has 2 aromatic carbocycles. The van der Waals surface area contributed by atoms with Gasteiger partial charge in [-0.2, -0.15) is 0 Å². The SMILES string of the molecule is O=C(O)c1ccc([N+](=O)[O-])c(Nc2c(F)cccc2F)c1. The van der Waals surface area contributed by atoms with Crippen LogP contribution in [0.5, 0.6) is 0 Å². The molecule has 21 heavy (non-hydrogen) atoms. The zero-order valence-electron chi connectivity index (χ0n) is 10.3. The summed E-state index contributed by atoms with van der Waals surface area (Å²) in [5.74, 6) is -3.22. The van der Waals surface area contributed by atoms with Crippen molar-refractivity contribution in [2.75, 3.05) is 5.32 Å². The average molecular weight is 294 g/mol. The fourth-order valence-corrected chi connectivity index (χ4v) is 1.68. The van der Waals surface area contributed by atoms with Gasteiger partial charge in [0.15, 0.2) is 0 Å². The van der Waals surface area contributed by atoms with Crippen molar-refractivity contribution in [2.24, 2.45) is 0 Å². The van der Waals surface area contributed by atoms with E-state index in [1.807, 2.05) is 0 Å². The van der Waals surface area contributed by atoms with Crippen molar-refractivity contribution in [1.82, 2.24) is 0 Å². The van der Waals surface area contributed by atoms with Crippen LogP contribution in [0.4, 0.5) is 25.8 Å². The first kappa shape index (κ1) is 14.4. The van der Waals surface area contributed by atoms with Crippen LogP contribution in [0.15, 0.2) is 36.4 Å². The molecular formula is C13H8F2N2O4. The van der Waals surface area contributed by atoms with Crippen LogP contribution in [0.1, 0.15) is 10.4 Å². The highest BCUT2D eigenvalue weighted by molar-refractivity contribution is 5.90. The van der Waals surface area contributed by atoms with Gasteiger partial charge in [-0.1, -0.05) is 6.07 Å². The van der Waals surface area contributed by atoms with Crippen LogP contribution in [-0.4, -0.2) is 16.0 Å². The van der Waals surface area contributed by atoms with Gasteiger partial charge < -0.3 is 10.4 Å². The van der Waals surface area contributed by atoms with Crippen molar-refractivity contribution < 1.29 is 23.6 Å². The van der Waals surface area contributed by atoms with Gasteiger partial charge in [0, 0.05) is 6.07 Å². The molecule has 0 aromatic heterocycles. The number of nitro benzene ring substituents is 1. The van der Waals surface area contributed by atoms with Crippen molar-refractivity contribution >= 4 is 23.0 Å². The van der Waals surface area contributed by atoms with E-state index in [2.05, 4.69) is 5.32 Å². The first-order chi connectivity index (χ1) is 9.90. The Morgan fingerprint density at radius 3 is 2.33 bits per heavy atom. The minimum atomic E-state index is -1.32. The van der Waals surface area contributed by atoms with Crippen LogP contribution in [-0.2, 0) is 0 Å². The Morgan fingerprint density at radius 1 is 1.19 bits per heavy atom. The minimum absolute atomic E-state index is 0.250. The van der Waals surface area contributed by atoms with E-state index in [1.165, 1.54) is 0 Å². The van der Waals surface area contributed by atoms with E-state index in [9.17, 15) is 23.7 Å². The van der Waals surface area contributed by atoms with Crippen LogP contribution in [0, 0.1) is 21.7 Å². The Labute approximate surface area is 116 Å². The average Bonchev–Trinajstić information content (AvgIpc) is 2.42. The van der Waals surface area contributed by atoms with Crippen LogP contribution < -0.4 is 5.32 Å². The zero-order valence-corrected chi connectivity index (χ0v) is 10.3. The third-order valence-corrected chi connectivity index (χ3v) is 2.66. The molecule has 0 saturated carbocycles. The second-order valence-electron chi connectivity index (χ2n) is 4.02. The molecule has 2 rings (SSSR count). The summed E-state index contributed by atoms with van der Waals surface area (Å²) in [5, 5.41) is 22.0. The fourth-order valence-electron chi connectivity index (χ4n) is 1.68. The number of carboxylic acids is 1. The molecule has 0 spiro atoms. The molecular weight excluding hydrogens is 286 g/mol. The third kappa shape index (κ3) is 2.94. The Hall–Kier alpha value is -3.03. The van der Waals surface area contributed by atoms with Crippen molar-refractivity contribution in [3.8, 4) is 0 Å². The number of nitrogens with one attached hydrogen (secondary N) is 1. The smallest absolute Gasteiger partial charge is 0.335 e. The predicted octanol–water partition coefficient (Wildman–Crippen LogP) is 3.31. The largest absolute Gasteiger partial charge is 0.478 e. The number of nitro groups is 1. The molecule has 0 radical (unpaired) electrons. The quantitative estimate of drug-likeness (QED) is 0.666. The second-order valence-corrected chi connectivity index (χ2v) is 4.02. The lowest BCUT2D eigenvalue weighted by Crippen LogP contribution is -2.04. The molecule has 2 aromatic rings. The number of anilines is 2. The first-order valence-corrected chi connectivity index (χ1v) is 5.63. The van der Waals surface area contributed by atoms with E-state index in [1.54, 1.807) is 0 Å². The third-order valence-electron chi connectivity index (χ3n) is 2.66. The van der Waals surface area contributed by atoms with Crippen LogP contribution in [0.2, 0.25) is 0 Å². The maximum absolute atomic E-state index is 13.5. The van der Waals surface area contributed by atoms with E-state index >= 15 is 0 Å². The lowest BCUT2D eigenvalue weighted by Gasteiger charge is -2.09. The zero-order chi connectivity index (χ0) is 15.6. The van der Waals surface area contributed by atoms with Crippen molar-refractivity contribution in [3.05, 3.63) is 63.7 Å². The Bertz CT molecular complexity index is 714. The molecule has 8 heteroatoms. The molecule has 108 valence electrons. The summed E-state index contributed by atoms with van der Waals surface area (Å²) in [6.45, 7) is 0. The topological polar surface area (TPSA) is 92.5 Å². The van der Waals surface area contributed by atoms with Gasteiger partial charge >= 0.3 is 5.97 Å². The maximum Gasteiger partial charge on any atom is 0.335 e. The Balaban J connectivity index is 2.53. The lowest BCUT2D eigenvalue weighted by atomic mass is 10.1. The van der Waals surface area contributed by atoms with Gasteiger partial charge in [0.05, 0.1) is 10.5 Å². The van der Waals surface area contributed by atoms with Gasteiger partial charge in [0.25, 0.3) is 5.69 Å². The van der Waals surface area contributed by atoms with E-state index in [0.29, 0.717) is 0 Å². The van der Waals surface area contributed by atoms with Crippen molar-refractivity contribution in [2.45, 2.75) is 0 Å². The minimum Gasteiger partial charge on any atom is -0.478 e. The molecule has 0 aliphatic heterocycles. The van der Waals surface area contributed by atoms with E-state index in [-0.39, 0.29) is 11.3 Å². The number of rotatable bonds is 4. The number of nitrogens with zero attached hydrogens (tertiary/aromatic N) is 1. The summed E-state index contributed by atoms with van der Waals surface area (Å²) in [5.41, 5.74) is -1.66. The molecule has 0 unspecified atom stereocenters. The van der Waals surface area contributed by atoms with Crippen LogP contribution in [0.25, 0.3) is 0 Å². The van der Waals surface area contributed by atoms with Crippen LogP contribution >= 0.6 is 0 Å². The van der Waals surface area contributed by atoms with Crippen LogP contribution in [0.3, 0.4) is 0 Å². The molecule has 0 heterocycles. The van der Waals surface area contributed by atoms with E-state index < -0.39 is 33.9 Å². The number of para-hydroxylation sites is 1. The highest BCUT2D eigenvalue weighted by atomic mass is 19.1. The first-order valence-electron chi connectivity index (χ1n) is 5.63. The Kier molecular flexibility index (Phi) is 3.79. The molecule has 0 aliphatic carbocycles. The van der Waals surface area contributed by atoms with Gasteiger partial charge in [0.2, 0.25) is 0 Å². The molecule has 0 saturated heterocycles. The second kappa shape index (κ2) is 5.53. The summed E-state index contributed by atoms with van der Waals surface area (Å²) >= 11 is 0. The number of hydrogen-bond donors (Lipinski definition) is 2. The number of carbonyl (C=O) groups is 1. The number of aromatic carboxylic acids is 1.